The first-order valence-corrected chi connectivity index (χ1v) is 12.1. The summed E-state index contributed by atoms with van der Waals surface area (Å²) in [4.78, 5) is 18.5. The summed E-state index contributed by atoms with van der Waals surface area (Å²) in [6.45, 7) is 0. The molecule has 1 saturated heterocycles. The summed E-state index contributed by atoms with van der Waals surface area (Å²) in [7, 11) is -2.09. The van der Waals surface area contributed by atoms with Crippen molar-refractivity contribution in [2.75, 3.05) is 14.2 Å². The first kappa shape index (κ1) is 26.8. The highest BCUT2D eigenvalue weighted by Gasteiger charge is 2.50. The Morgan fingerprint density at radius 1 is 1.03 bits per heavy atom. The van der Waals surface area contributed by atoms with Crippen LogP contribution < -0.4 is 9.47 Å². The Bertz CT molecular complexity index is 1160. The van der Waals surface area contributed by atoms with Crippen molar-refractivity contribution in [2.45, 2.75) is 36.4 Å². The Hall–Kier alpha value is -2.78. The van der Waals surface area contributed by atoms with Crippen molar-refractivity contribution >= 4 is 19.2 Å². The average molecular weight is 507 g/mol. The number of rotatable bonds is 7. The first-order chi connectivity index (χ1) is 16.5. The van der Waals surface area contributed by atoms with Crippen molar-refractivity contribution in [3.8, 4) is 17.6 Å². The Kier molecular flexibility index (Phi) is 8.33. The third-order valence-corrected chi connectivity index (χ3v) is 6.66. The van der Waals surface area contributed by atoms with Crippen LogP contribution in [0.15, 0.2) is 42.5 Å². The molecule has 3 rings (SSSR count). The lowest BCUT2D eigenvalue weighted by atomic mass is 9.90. The van der Waals surface area contributed by atoms with Crippen molar-refractivity contribution in [1.82, 2.24) is 0 Å². The number of hydrogen-bond donors (Lipinski definition) is 6. The van der Waals surface area contributed by atoms with Gasteiger partial charge in [0.15, 0.2) is 17.3 Å². The number of nitriles is 1. The van der Waals surface area contributed by atoms with Gasteiger partial charge in [-0.2, -0.15) is 5.26 Å². The normalized spacial score (nSPS) is 26.0. The smallest absolute Gasteiger partial charge is 0.356 e. The molecule has 1 aliphatic heterocycles. The van der Waals surface area contributed by atoms with Gasteiger partial charge in [-0.1, -0.05) is 24.3 Å². The molecule has 2 aromatic rings. The van der Waals surface area contributed by atoms with Gasteiger partial charge in [-0.05, 0) is 41.0 Å². The van der Waals surface area contributed by atoms with Gasteiger partial charge >= 0.3 is 7.60 Å². The minimum Gasteiger partial charge on any atom is -0.493 e. The standard InChI is InChI=1S/C23H26NO10P/c1-32-16-8-7-14(10-17(16)33-2)15(11-24)9-12-3-5-13(6-4-12)21-19(26)18(25)20(27)22(34-21)23(28)35(29,30)31/h3-10,18-23,25-28H,1-2H3,(H2,29,30,31)/b15-9+/t18-,19-,20+,21+,22+,23?/m1/s1. The van der Waals surface area contributed by atoms with Crippen LogP contribution in [0.3, 0.4) is 0 Å². The van der Waals surface area contributed by atoms with Gasteiger partial charge in [0.05, 0.1) is 25.9 Å². The van der Waals surface area contributed by atoms with Gasteiger partial charge in [-0.25, -0.2) is 0 Å². The van der Waals surface area contributed by atoms with Gasteiger partial charge < -0.3 is 44.4 Å². The Balaban J connectivity index is 1.88. The SMILES string of the molecule is COc1ccc(/C(C#N)=C/c2ccc([C@@H]3O[C@H](C(O)P(=O)(O)O)[C@@H](O)[C@H](O)[C@H]3O)cc2)cc1OC. The summed E-state index contributed by atoms with van der Waals surface area (Å²) in [6, 6.07) is 13.4. The van der Waals surface area contributed by atoms with Crippen LogP contribution in [-0.4, -0.2) is 74.7 Å². The number of hydrogen-bond acceptors (Lipinski definition) is 9. The molecule has 6 atom stereocenters. The Morgan fingerprint density at radius 2 is 1.66 bits per heavy atom. The maximum Gasteiger partial charge on any atom is 0.356 e. The molecular formula is C23H26NO10P. The number of aliphatic hydroxyl groups is 4. The molecule has 2 aromatic carbocycles. The van der Waals surface area contributed by atoms with Gasteiger partial charge in [0.25, 0.3) is 0 Å². The predicted octanol–water partition coefficient (Wildman–Crippen LogP) is 0.787. The maximum absolute atomic E-state index is 11.4. The van der Waals surface area contributed by atoms with Crippen LogP contribution in [0.1, 0.15) is 22.8 Å². The van der Waals surface area contributed by atoms with E-state index in [4.69, 9.17) is 14.2 Å². The molecule has 0 amide bonds. The molecule has 0 aliphatic carbocycles. The molecule has 6 N–H and O–H groups in total. The number of allylic oxidation sites excluding steroid dienone is 1. The molecule has 188 valence electrons. The summed E-state index contributed by atoms with van der Waals surface area (Å²) in [5.74, 6) is -1.43. The second-order valence-corrected chi connectivity index (χ2v) is 9.61. The molecule has 0 spiro atoms. The summed E-state index contributed by atoms with van der Waals surface area (Å²) < 4.78 is 27.3. The molecular weight excluding hydrogens is 481 g/mol. The number of methoxy groups -OCH3 is 2. The van der Waals surface area contributed by atoms with E-state index in [9.17, 15) is 40.0 Å². The largest absolute Gasteiger partial charge is 0.493 e. The topological polar surface area (TPSA) is 190 Å². The lowest BCUT2D eigenvalue weighted by Gasteiger charge is -2.42. The highest BCUT2D eigenvalue weighted by Crippen LogP contribution is 2.46. The van der Waals surface area contributed by atoms with E-state index in [2.05, 4.69) is 6.07 Å². The zero-order valence-electron chi connectivity index (χ0n) is 18.8. The number of aliphatic hydroxyl groups excluding tert-OH is 4. The van der Waals surface area contributed by atoms with Crippen LogP contribution in [0, 0.1) is 11.3 Å². The average Bonchev–Trinajstić information content (AvgIpc) is 2.85. The number of nitrogens with zero attached hydrogens (tertiary/aromatic N) is 1. The van der Waals surface area contributed by atoms with Crippen LogP contribution in [0.4, 0.5) is 0 Å². The maximum atomic E-state index is 11.4. The van der Waals surface area contributed by atoms with Gasteiger partial charge in [0.2, 0.25) is 0 Å². The monoisotopic (exact) mass is 507 g/mol. The van der Waals surface area contributed by atoms with Crippen LogP contribution in [0.25, 0.3) is 11.6 Å². The number of ether oxygens (including phenoxy) is 3. The Morgan fingerprint density at radius 3 is 2.20 bits per heavy atom. The van der Waals surface area contributed by atoms with Gasteiger partial charge in [-0.15, -0.1) is 0 Å². The summed E-state index contributed by atoms with van der Waals surface area (Å²) >= 11 is 0. The van der Waals surface area contributed by atoms with Gasteiger partial charge in [0.1, 0.15) is 30.5 Å². The Labute approximate surface area is 201 Å². The van der Waals surface area contributed by atoms with Crippen molar-refractivity contribution in [2.24, 2.45) is 0 Å². The minimum absolute atomic E-state index is 0.313. The molecule has 1 heterocycles. The molecule has 1 aliphatic rings. The molecule has 1 unspecified atom stereocenters. The van der Waals surface area contributed by atoms with Crippen molar-refractivity contribution in [3.63, 3.8) is 0 Å². The van der Waals surface area contributed by atoms with Crippen LogP contribution in [0.5, 0.6) is 11.5 Å². The van der Waals surface area contributed by atoms with Crippen LogP contribution >= 0.6 is 7.60 Å². The molecule has 0 saturated carbocycles. The zero-order valence-corrected chi connectivity index (χ0v) is 19.7. The highest BCUT2D eigenvalue weighted by molar-refractivity contribution is 7.52. The summed E-state index contributed by atoms with van der Waals surface area (Å²) in [6.07, 6.45) is -6.90. The molecule has 12 heteroatoms. The summed E-state index contributed by atoms with van der Waals surface area (Å²) in [5.41, 5.74) is 1.84. The van der Waals surface area contributed by atoms with Crippen molar-refractivity contribution in [1.29, 1.82) is 5.26 Å². The second-order valence-electron chi connectivity index (χ2n) is 7.90. The van der Waals surface area contributed by atoms with Crippen molar-refractivity contribution in [3.05, 3.63) is 59.2 Å². The van der Waals surface area contributed by atoms with Gasteiger partial charge in [-0.3, -0.25) is 4.57 Å². The molecule has 1 fully saturated rings. The zero-order chi connectivity index (χ0) is 25.9. The third kappa shape index (κ3) is 5.73. The fraction of sp³-hybridized carbons (Fsp3) is 0.348. The van der Waals surface area contributed by atoms with Crippen LogP contribution in [0.2, 0.25) is 0 Å². The molecule has 0 aromatic heterocycles. The highest BCUT2D eigenvalue weighted by atomic mass is 31.2. The van der Waals surface area contributed by atoms with E-state index >= 15 is 0 Å². The summed E-state index contributed by atoms with van der Waals surface area (Å²) in [5, 5.41) is 50.1. The van der Waals surface area contributed by atoms with E-state index in [-0.39, 0.29) is 0 Å². The van der Waals surface area contributed by atoms with E-state index in [1.54, 1.807) is 36.4 Å². The van der Waals surface area contributed by atoms with Crippen molar-refractivity contribution < 1.29 is 49.0 Å². The van der Waals surface area contributed by atoms with E-state index in [1.807, 2.05) is 0 Å². The van der Waals surface area contributed by atoms with E-state index in [0.717, 1.165) is 0 Å². The minimum atomic E-state index is -5.07. The second kappa shape index (κ2) is 10.9. The predicted molar refractivity (Wildman–Crippen MR) is 123 cm³/mol. The van der Waals surface area contributed by atoms with E-state index in [1.165, 1.54) is 26.4 Å². The van der Waals surface area contributed by atoms with E-state index in [0.29, 0.717) is 33.8 Å². The number of benzene rings is 2. The molecule has 0 radical (unpaired) electrons. The first-order valence-electron chi connectivity index (χ1n) is 10.4. The quantitative estimate of drug-likeness (QED) is 0.176. The molecule has 11 nitrogen and oxygen atoms in total. The fourth-order valence-corrected chi connectivity index (χ4v) is 4.38. The van der Waals surface area contributed by atoms with Gasteiger partial charge in [0, 0.05) is 0 Å². The third-order valence-electron chi connectivity index (χ3n) is 5.68. The molecule has 35 heavy (non-hydrogen) atoms. The molecule has 0 bridgehead atoms. The fourth-order valence-electron chi connectivity index (χ4n) is 3.75. The lowest BCUT2D eigenvalue weighted by Crippen LogP contribution is -2.57. The van der Waals surface area contributed by atoms with E-state index < -0.39 is 44.0 Å². The van der Waals surface area contributed by atoms with Crippen LogP contribution in [-0.2, 0) is 9.30 Å². The lowest BCUT2D eigenvalue weighted by molar-refractivity contribution is -0.238.